The van der Waals surface area contributed by atoms with Crippen molar-refractivity contribution in [3.63, 3.8) is 0 Å². The lowest BCUT2D eigenvalue weighted by Crippen LogP contribution is -2.38. The minimum absolute atomic E-state index is 0. The zero-order valence-corrected chi connectivity index (χ0v) is 20.4. The van der Waals surface area contributed by atoms with Crippen molar-refractivity contribution in [2.75, 3.05) is 26.7 Å². The van der Waals surface area contributed by atoms with Crippen molar-refractivity contribution in [1.29, 1.82) is 0 Å². The number of rotatable bonds is 10. The monoisotopic (exact) mass is 515 g/mol. The fourth-order valence-corrected chi connectivity index (χ4v) is 2.82. The second-order valence-corrected chi connectivity index (χ2v) is 6.75. The Labute approximate surface area is 191 Å². The third-order valence-electron chi connectivity index (χ3n) is 4.19. The maximum atomic E-state index is 5.91. The number of nitrogens with one attached hydrogen (secondary N) is 2. The molecule has 0 aliphatic carbocycles. The summed E-state index contributed by atoms with van der Waals surface area (Å²) in [7, 11) is 1.65. The van der Waals surface area contributed by atoms with Crippen molar-refractivity contribution in [2.45, 2.75) is 46.8 Å². The molecule has 0 aliphatic rings. The van der Waals surface area contributed by atoms with Gasteiger partial charge in [-0.05, 0) is 64.4 Å². The van der Waals surface area contributed by atoms with Gasteiger partial charge in [-0.1, -0.05) is 0 Å². The Morgan fingerprint density at radius 2 is 1.86 bits per heavy atom. The molecule has 2 N–H and O–H groups in total. The lowest BCUT2D eigenvalue weighted by atomic mass is 10.3. The van der Waals surface area contributed by atoms with E-state index in [1.165, 1.54) is 5.69 Å². The smallest absolute Gasteiger partial charge is 0.191 e. The highest BCUT2D eigenvalue weighted by Crippen LogP contribution is 2.18. The molecule has 2 aromatic rings. The number of aromatic nitrogens is 2. The predicted octanol–water partition coefficient (Wildman–Crippen LogP) is 3.54. The summed E-state index contributed by atoms with van der Waals surface area (Å²) in [4.78, 5) is 4.63. The van der Waals surface area contributed by atoms with Crippen LogP contribution in [-0.4, -0.2) is 48.6 Å². The molecule has 1 heterocycles. The normalized spacial score (nSPS) is 12.1. The van der Waals surface area contributed by atoms with Gasteiger partial charge >= 0.3 is 0 Å². The zero-order chi connectivity index (χ0) is 20.4. The lowest BCUT2D eigenvalue weighted by Gasteiger charge is -2.15. The van der Waals surface area contributed by atoms with Crippen LogP contribution in [0, 0.1) is 13.8 Å². The van der Waals surface area contributed by atoms with Crippen LogP contribution >= 0.6 is 24.0 Å². The van der Waals surface area contributed by atoms with E-state index >= 15 is 0 Å². The molecule has 0 fully saturated rings. The number of aryl methyl sites for hydroxylation is 3. The van der Waals surface area contributed by atoms with Gasteiger partial charge in [0.25, 0.3) is 0 Å². The molecule has 2 rings (SSSR count). The first-order chi connectivity index (χ1) is 13.5. The van der Waals surface area contributed by atoms with E-state index in [0.29, 0.717) is 6.54 Å². The van der Waals surface area contributed by atoms with Gasteiger partial charge < -0.3 is 20.1 Å². The van der Waals surface area contributed by atoms with Crippen molar-refractivity contribution < 1.29 is 9.47 Å². The third kappa shape index (κ3) is 8.93. The van der Waals surface area contributed by atoms with Gasteiger partial charge in [-0.15, -0.1) is 24.0 Å². The molecule has 0 saturated carbocycles. The van der Waals surface area contributed by atoms with Crippen LogP contribution in [0.3, 0.4) is 0 Å². The van der Waals surface area contributed by atoms with Crippen LogP contribution in [0.5, 0.6) is 11.5 Å². The Morgan fingerprint density at radius 3 is 2.45 bits per heavy atom. The Kier molecular flexibility index (Phi) is 11.5. The van der Waals surface area contributed by atoms with Gasteiger partial charge in [0.1, 0.15) is 17.6 Å². The molecule has 7 nitrogen and oxygen atoms in total. The first-order valence-corrected chi connectivity index (χ1v) is 9.85. The van der Waals surface area contributed by atoms with E-state index in [9.17, 15) is 0 Å². The van der Waals surface area contributed by atoms with Crippen LogP contribution in [0.2, 0.25) is 0 Å². The molecule has 0 amide bonds. The van der Waals surface area contributed by atoms with E-state index in [2.05, 4.69) is 40.6 Å². The SMILES string of the molecule is CCNC(=NCC(C)Oc1ccc(OC)cc1)NCCCn1nc(C)cc1C.I. The number of hydrogen-bond acceptors (Lipinski definition) is 4. The summed E-state index contributed by atoms with van der Waals surface area (Å²) in [5, 5.41) is 11.1. The van der Waals surface area contributed by atoms with Crippen LogP contribution in [0.15, 0.2) is 35.3 Å². The largest absolute Gasteiger partial charge is 0.497 e. The Balaban J connectivity index is 0.00000420. The fraction of sp³-hybridized carbons (Fsp3) is 0.524. The number of methoxy groups -OCH3 is 1. The molecule has 1 unspecified atom stereocenters. The zero-order valence-electron chi connectivity index (χ0n) is 18.1. The predicted molar refractivity (Wildman–Crippen MR) is 129 cm³/mol. The van der Waals surface area contributed by atoms with Gasteiger partial charge in [-0.3, -0.25) is 4.68 Å². The van der Waals surface area contributed by atoms with E-state index in [1.54, 1.807) is 7.11 Å². The number of halogens is 1. The molecule has 0 spiro atoms. The van der Waals surface area contributed by atoms with Crippen LogP contribution in [0.1, 0.15) is 31.7 Å². The molecule has 1 atom stereocenters. The summed E-state index contributed by atoms with van der Waals surface area (Å²) in [6.07, 6.45) is 0.947. The maximum absolute atomic E-state index is 5.91. The van der Waals surface area contributed by atoms with Gasteiger partial charge in [0.05, 0.1) is 19.3 Å². The van der Waals surface area contributed by atoms with Crippen LogP contribution < -0.4 is 20.1 Å². The molecule has 29 heavy (non-hydrogen) atoms. The topological polar surface area (TPSA) is 72.7 Å². The molecule has 1 aromatic heterocycles. The van der Waals surface area contributed by atoms with E-state index in [4.69, 9.17) is 9.47 Å². The first-order valence-electron chi connectivity index (χ1n) is 9.85. The lowest BCUT2D eigenvalue weighted by molar-refractivity contribution is 0.230. The summed E-state index contributed by atoms with van der Waals surface area (Å²) in [5.74, 6) is 2.43. The number of nitrogens with zero attached hydrogens (tertiary/aromatic N) is 3. The second kappa shape index (κ2) is 13.3. The highest BCUT2D eigenvalue weighted by Gasteiger charge is 2.06. The molecule has 0 aliphatic heterocycles. The quantitative estimate of drug-likeness (QED) is 0.219. The minimum Gasteiger partial charge on any atom is -0.497 e. The summed E-state index contributed by atoms with van der Waals surface area (Å²) in [6.45, 7) is 11.3. The van der Waals surface area contributed by atoms with Gasteiger partial charge in [-0.2, -0.15) is 5.10 Å². The number of benzene rings is 1. The average molecular weight is 515 g/mol. The molecule has 0 saturated heterocycles. The van der Waals surface area contributed by atoms with Crippen molar-refractivity contribution in [2.24, 2.45) is 4.99 Å². The molecule has 8 heteroatoms. The molecule has 1 aromatic carbocycles. The summed E-state index contributed by atoms with van der Waals surface area (Å²) in [6, 6.07) is 9.69. The minimum atomic E-state index is -0.0291. The molecular weight excluding hydrogens is 481 g/mol. The Morgan fingerprint density at radius 1 is 1.17 bits per heavy atom. The molecule has 0 radical (unpaired) electrons. The molecule has 0 bridgehead atoms. The summed E-state index contributed by atoms with van der Waals surface area (Å²) < 4.78 is 13.1. The van der Waals surface area contributed by atoms with Crippen LogP contribution in [-0.2, 0) is 6.54 Å². The van der Waals surface area contributed by atoms with Crippen molar-refractivity contribution in [3.05, 3.63) is 41.7 Å². The van der Waals surface area contributed by atoms with Crippen molar-refractivity contribution in [1.82, 2.24) is 20.4 Å². The van der Waals surface area contributed by atoms with Crippen LogP contribution in [0.25, 0.3) is 0 Å². The van der Waals surface area contributed by atoms with E-state index in [-0.39, 0.29) is 30.1 Å². The highest BCUT2D eigenvalue weighted by molar-refractivity contribution is 14.0. The number of ether oxygens (including phenoxy) is 2. The van der Waals surface area contributed by atoms with Gasteiger partial charge in [0.15, 0.2) is 5.96 Å². The fourth-order valence-electron chi connectivity index (χ4n) is 2.82. The van der Waals surface area contributed by atoms with Gasteiger partial charge in [0.2, 0.25) is 0 Å². The first kappa shape index (κ1) is 25.1. The number of aliphatic imine (C=N–C) groups is 1. The number of hydrogen-bond donors (Lipinski definition) is 2. The van der Waals surface area contributed by atoms with Gasteiger partial charge in [0, 0.05) is 25.3 Å². The molecular formula is C21H34IN5O2. The second-order valence-electron chi connectivity index (χ2n) is 6.75. The standard InChI is InChI=1S/C21H33N5O2.HI/c1-6-22-21(23-12-7-13-26-17(3)14-16(2)25-26)24-15-18(4)28-20-10-8-19(27-5)9-11-20;/h8-11,14,18H,6-7,12-13,15H2,1-5H3,(H2,22,23,24);1H. The summed E-state index contributed by atoms with van der Waals surface area (Å²) in [5.41, 5.74) is 2.26. The maximum Gasteiger partial charge on any atom is 0.191 e. The molecule has 162 valence electrons. The van der Waals surface area contributed by atoms with Crippen molar-refractivity contribution >= 4 is 29.9 Å². The van der Waals surface area contributed by atoms with Crippen LogP contribution in [0.4, 0.5) is 0 Å². The van der Waals surface area contributed by atoms with E-state index < -0.39 is 0 Å². The Hall–Kier alpha value is -1.97. The highest BCUT2D eigenvalue weighted by atomic mass is 127. The average Bonchev–Trinajstić information content (AvgIpc) is 3.00. The third-order valence-corrected chi connectivity index (χ3v) is 4.19. The summed E-state index contributed by atoms with van der Waals surface area (Å²) >= 11 is 0. The van der Waals surface area contributed by atoms with Gasteiger partial charge in [-0.25, -0.2) is 4.99 Å². The van der Waals surface area contributed by atoms with E-state index in [1.807, 2.05) is 42.8 Å². The van der Waals surface area contributed by atoms with E-state index in [0.717, 1.165) is 49.2 Å². The Bertz CT molecular complexity index is 746. The number of guanidine groups is 1. The van der Waals surface area contributed by atoms with Crippen molar-refractivity contribution in [3.8, 4) is 11.5 Å².